The van der Waals surface area contributed by atoms with E-state index >= 15 is 0 Å². The van der Waals surface area contributed by atoms with E-state index in [1.54, 1.807) is 12.3 Å². The summed E-state index contributed by atoms with van der Waals surface area (Å²) in [6.45, 7) is 4.93. The first-order valence-corrected chi connectivity index (χ1v) is 11.4. The van der Waals surface area contributed by atoms with Crippen molar-refractivity contribution in [1.82, 2.24) is 4.98 Å². The highest BCUT2D eigenvalue weighted by atomic mass is 19.4. The van der Waals surface area contributed by atoms with Crippen molar-refractivity contribution < 1.29 is 27.8 Å². The topological polar surface area (TPSA) is 66.9 Å². The number of alkyl halides is 3. The van der Waals surface area contributed by atoms with Gasteiger partial charge in [-0.15, -0.1) is 0 Å². The van der Waals surface area contributed by atoms with Gasteiger partial charge in [0.15, 0.2) is 0 Å². The number of aliphatic hydroxyl groups excluding tert-OH is 1. The van der Waals surface area contributed by atoms with Crippen molar-refractivity contribution in [3.05, 3.63) is 71.4 Å². The number of hydrogen-bond donors (Lipinski definition) is 2. The molecule has 3 aromatic rings. The molecular formula is C26H28F3N3O3. The van der Waals surface area contributed by atoms with Gasteiger partial charge in [0, 0.05) is 37.1 Å². The number of ether oxygens (including phenoxy) is 2. The van der Waals surface area contributed by atoms with Gasteiger partial charge >= 0.3 is 6.18 Å². The van der Waals surface area contributed by atoms with E-state index < -0.39 is 11.7 Å². The van der Waals surface area contributed by atoms with E-state index in [4.69, 9.17) is 14.6 Å². The number of halogens is 3. The lowest BCUT2D eigenvalue weighted by Gasteiger charge is -2.30. The summed E-state index contributed by atoms with van der Waals surface area (Å²) in [6.07, 6.45) is -2.64. The van der Waals surface area contributed by atoms with Gasteiger partial charge in [-0.2, -0.15) is 13.2 Å². The van der Waals surface area contributed by atoms with Gasteiger partial charge in [0.2, 0.25) is 5.88 Å². The molecule has 1 fully saturated rings. The molecule has 2 heterocycles. The molecule has 35 heavy (non-hydrogen) atoms. The zero-order chi connectivity index (χ0) is 24.8. The van der Waals surface area contributed by atoms with Gasteiger partial charge < -0.3 is 24.8 Å². The molecule has 0 atom stereocenters. The number of pyridine rings is 1. The van der Waals surface area contributed by atoms with Crippen LogP contribution >= 0.6 is 0 Å². The van der Waals surface area contributed by atoms with Crippen LogP contribution in [0.25, 0.3) is 11.1 Å². The van der Waals surface area contributed by atoms with Crippen molar-refractivity contribution in [2.45, 2.75) is 19.6 Å². The van der Waals surface area contributed by atoms with Crippen LogP contribution in [0.4, 0.5) is 24.5 Å². The Labute approximate surface area is 202 Å². The van der Waals surface area contributed by atoms with Crippen molar-refractivity contribution in [1.29, 1.82) is 0 Å². The summed E-state index contributed by atoms with van der Waals surface area (Å²) in [7, 11) is 0. The lowest BCUT2D eigenvalue weighted by atomic mass is 10.0. The first-order valence-electron chi connectivity index (χ1n) is 11.4. The zero-order valence-corrected chi connectivity index (χ0v) is 19.4. The summed E-state index contributed by atoms with van der Waals surface area (Å²) in [4.78, 5) is 6.67. The third-order valence-electron chi connectivity index (χ3n) is 5.81. The molecule has 1 aliphatic rings. The summed E-state index contributed by atoms with van der Waals surface area (Å²) < 4.78 is 50.2. The number of aromatic nitrogens is 1. The van der Waals surface area contributed by atoms with Crippen LogP contribution < -0.4 is 15.0 Å². The Bertz CT molecular complexity index is 1150. The molecule has 2 aromatic carbocycles. The molecule has 0 radical (unpaired) electrons. The van der Waals surface area contributed by atoms with Gasteiger partial charge in [-0.3, -0.25) is 0 Å². The minimum atomic E-state index is -4.37. The Kier molecular flexibility index (Phi) is 7.77. The quantitative estimate of drug-likeness (QED) is 0.472. The summed E-state index contributed by atoms with van der Waals surface area (Å²) in [5, 5.41) is 12.4. The third kappa shape index (κ3) is 6.23. The van der Waals surface area contributed by atoms with E-state index in [0.29, 0.717) is 37.7 Å². The molecule has 0 saturated carbocycles. The zero-order valence-electron chi connectivity index (χ0n) is 19.4. The summed E-state index contributed by atoms with van der Waals surface area (Å²) in [5.74, 6) is 0.459. The molecule has 186 valence electrons. The maximum atomic E-state index is 13.0. The molecular weight excluding hydrogens is 459 g/mol. The van der Waals surface area contributed by atoms with Crippen LogP contribution in [-0.4, -0.2) is 49.6 Å². The van der Waals surface area contributed by atoms with Crippen LogP contribution in [0, 0.1) is 6.92 Å². The number of morpholine rings is 1. The maximum absolute atomic E-state index is 13.0. The second-order valence-corrected chi connectivity index (χ2v) is 8.30. The van der Waals surface area contributed by atoms with Crippen LogP contribution in [0.3, 0.4) is 0 Å². The molecule has 0 unspecified atom stereocenters. The average Bonchev–Trinajstić information content (AvgIpc) is 2.87. The first kappa shape index (κ1) is 24.8. The Morgan fingerprint density at radius 3 is 2.66 bits per heavy atom. The number of aryl methyl sites for hydroxylation is 1. The highest BCUT2D eigenvalue weighted by Gasteiger charge is 2.30. The predicted molar refractivity (Wildman–Crippen MR) is 129 cm³/mol. The predicted octanol–water partition coefficient (Wildman–Crippen LogP) is 4.90. The van der Waals surface area contributed by atoms with Crippen LogP contribution in [0.2, 0.25) is 0 Å². The summed E-state index contributed by atoms with van der Waals surface area (Å²) >= 11 is 0. The van der Waals surface area contributed by atoms with Gasteiger partial charge in [0.1, 0.15) is 12.3 Å². The SMILES string of the molecule is Cc1ccc(NCc2cccc(C(F)(F)F)c2)cc1-c1cnc(OCCO)c(N2CCOCC2)c1. The number of hydrogen-bond acceptors (Lipinski definition) is 6. The Balaban J connectivity index is 1.58. The number of rotatable bonds is 8. The summed E-state index contributed by atoms with van der Waals surface area (Å²) in [6, 6.07) is 13.2. The molecule has 9 heteroatoms. The fourth-order valence-corrected chi connectivity index (χ4v) is 3.98. The molecule has 1 aromatic heterocycles. The standard InChI is InChI=1S/C26H28F3N3O3/c1-18-5-6-22(30-16-19-3-2-4-21(13-19)26(27,28)29)15-23(18)20-14-24(32-7-10-34-11-8-32)25(31-17-20)35-12-9-33/h2-6,13-15,17,30,33H,7-12,16H2,1H3. The van der Waals surface area contributed by atoms with Crippen molar-refractivity contribution in [2.75, 3.05) is 49.7 Å². The van der Waals surface area contributed by atoms with Gasteiger partial charge in [0.05, 0.1) is 25.4 Å². The first-order chi connectivity index (χ1) is 16.8. The van der Waals surface area contributed by atoms with Crippen LogP contribution in [0.5, 0.6) is 5.88 Å². The molecule has 0 bridgehead atoms. The maximum Gasteiger partial charge on any atom is 0.416 e. The van der Waals surface area contributed by atoms with Gasteiger partial charge in [-0.05, 0) is 53.9 Å². The molecule has 0 spiro atoms. The fraction of sp³-hybridized carbons (Fsp3) is 0.346. The molecule has 1 saturated heterocycles. The second-order valence-electron chi connectivity index (χ2n) is 8.30. The smallest absolute Gasteiger partial charge is 0.416 e. The van der Waals surface area contributed by atoms with Crippen molar-refractivity contribution >= 4 is 11.4 Å². The fourth-order valence-electron chi connectivity index (χ4n) is 3.98. The number of benzene rings is 2. The van der Waals surface area contributed by atoms with Crippen molar-refractivity contribution in [3.8, 4) is 17.0 Å². The van der Waals surface area contributed by atoms with Crippen molar-refractivity contribution in [3.63, 3.8) is 0 Å². The highest BCUT2D eigenvalue weighted by molar-refractivity contribution is 5.75. The van der Waals surface area contributed by atoms with E-state index in [9.17, 15) is 13.2 Å². The second kappa shape index (κ2) is 11.0. The Morgan fingerprint density at radius 2 is 1.91 bits per heavy atom. The van der Waals surface area contributed by atoms with Crippen LogP contribution in [-0.2, 0) is 17.5 Å². The average molecular weight is 488 g/mol. The van der Waals surface area contributed by atoms with Crippen LogP contribution in [0.15, 0.2) is 54.7 Å². The lowest BCUT2D eigenvalue weighted by Crippen LogP contribution is -2.36. The lowest BCUT2D eigenvalue weighted by molar-refractivity contribution is -0.137. The molecule has 2 N–H and O–H groups in total. The monoisotopic (exact) mass is 487 g/mol. The number of nitrogens with zero attached hydrogens (tertiary/aromatic N) is 2. The summed E-state index contributed by atoms with van der Waals surface area (Å²) in [5.41, 5.74) is 4.39. The largest absolute Gasteiger partial charge is 0.474 e. The normalized spacial score (nSPS) is 14.1. The van der Waals surface area contributed by atoms with Crippen molar-refractivity contribution in [2.24, 2.45) is 0 Å². The molecule has 0 amide bonds. The minimum absolute atomic E-state index is 0.106. The number of nitrogens with one attached hydrogen (secondary N) is 1. The number of aliphatic hydroxyl groups is 1. The Hall–Kier alpha value is -3.30. The van der Waals surface area contributed by atoms with E-state index in [0.717, 1.165) is 40.2 Å². The van der Waals surface area contributed by atoms with Gasteiger partial charge in [0.25, 0.3) is 0 Å². The molecule has 4 rings (SSSR count). The highest BCUT2D eigenvalue weighted by Crippen LogP contribution is 2.34. The van der Waals surface area contributed by atoms with E-state index in [2.05, 4.69) is 15.2 Å². The van der Waals surface area contributed by atoms with E-state index in [1.807, 2.05) is 31.2 Å². The van der Waals surface area contributed by atoms with Gasteiger partial charge in [-0.1, -0.05) is 18.2 Å². The molecule has 6 nitrogen and oxygen atoms in total. The van der Waals surface area contributed by atoms with Gasteiger partial charge in [-0.25, -0.2) is 4.98 Å². The molecule has 1 aliphatic heterocycles. The Morgan fingerprint density at radius 1 is 1.11 bits per heavy atom. The van der Waals surface area contributed by atoms with Crippen LogP contribution in [0.1, 0.15) is 16.7 Å². The van der Waals surface area contributed by atoms with E-state index in [1.165, 1.54) is 6.07 Å². The number of anilines is 2. The molecule has 0 aliphatic carbocycles. The minimum Gasteiger partial charge on any atom is -0.474 e. The van der Waals surface area contributed by atoms with E-state index in [-0.39, 0.29) is 19.8 Å². The third-order valence-corrected chi connectivity index (χ3v) is 5.81.